The zero-order valence-electron chi connectivity index (χ0n) is 11.4. The Morgan fingerprint density at radius 2 is 2.05 bits per heavy atom. The minimum absolute atomic E-state index is 0.275. The Balaban J connectivity index is 1.93. The van der Waals surface area contributed by atoms with E-state index in [1.807, 2.05) is 18.3 Å². The lowest BCUT2D eigenvalue weighted by atomic mass is 10.1. The van der Waals surface area contributed by atoms with Crippen LogP contribution in [0.5, 0.6) is 0 Å². The Morgan fingerprint density at radius 3 is 2.63 bits per heavy atom. The summed E-state index contributed by atoms with van der Waals surface area (Å²) in [4.78, 5) is 7.50. The van der Waals surface area contributed by atoms with Crippen LogP contribution in [0.2, 0.25) is 5.02 Å². The molecule has 2 rings (SSSR count). The summed E-state index contributed by atoms with van der Waals surface area (Å²) < 4.78 is 0. The lowest BCUT2D eigenvalue weighted by Crippen LogP contribution is -2.32. The van der Waals surface area contributed by atoms with Crippen molar-refractivity contribution in [1.29, 1.82) is 0 Å². The number of halogens is 1. The number of benzene rings is 1. The van der Waals surface area contributed by atoms with Crippen molar-refractivity contribution in [2.24, 2.45) is 0 Å². The van der Waals surface area contributed by atoms with Crippen molar-refractivity contribution in [1.82, 2.24) is 15.3 Å². The Morgan fingerprint density at radius 1 is 1.32 bits per heavy atom. The molecule has 0 saturated carbocycles. The van der Waals surface area contributed by atoms with Gasteiger partial charge in [0, 0.05) is 23.5 Å². The lowest BCUT2D eigenvalue weighted by molar-refractivity contribution is 0.430. The topological polar surface area (TPSA) is 40.7 Å². The number of aromatic amines is 1. The summed E-state index contributed by atoms with van der Waals surface area (Å²) in [6, 6.07) is 8.69. The highest BCUT2D eigenvalue weighted by Gasteiger charge is 2.14. The maximum Gasteiger partial charge on any atom is 0.123 e. The van der Waals surface area contributed by atoms with Gasteiger partial charge in [-0.05, 0) is 37.5 Å². The zero-order chi connectivity index (χ0) is 13.7. The predicted octanol–water partition coefficient (Wildman–Crippen LogP) is 3.74. The van der Waals surface area contributed by atoms with Crippen LogP contribution in [0.1, 0.15) is 37.7 Å². The van der Waals surface area contributed by atoms with Gasteiger partial charge >= 0.3 is 0 Å². The molecule has 1 aromatic carbocycles. The van der Waals surface area contributed by atoms with Crippen LogP contribution in [0.15, 0.2) is 36.7 Å². The van der Waals surface area contributed by atoms with Gasteiger partial charge in [-0.25, -0.2) is 4.98 Å². The van der Waals surface area contributed by atoms with E-state index in [0.29, 0.717) is 6.04 Å². The first kappa shape index (κ1) is 14.1. The molecule has 0 bridgehead atoms. The standard InChI is InChI=1S/C15H20ClN3/c1-3-14(15-17-8-9-18-15)19-11(2)10-12-4-6-13(16)7-5-12/h4-9,11,14,19H,3,10H2,1-2H3,(H,17,18). The van der Waals surface area contributed by atoms with Crippen LogP contribution in [-0.4, -0.2) is 16.0 Å². The van der Waals surface area contributed by atoms with Gasteiger partial charge in [-0.3, -0.25) is 0 Å². The van der Waals surface area contributed by atoms with Crippen molar-refractivity contribution >= 4 is 11.6 Å². The maximum atomic E-state index is 5.89. The second-order valence-electron chi connectivity index (χ2n) is 4.83. The second-order valence-corrected chi connectivity index (χ2v) is 5.27. The van der Waals surface area contributed by atoms with Gasteiger partial charge in [0.2, 0.25) is 0 Å². The Hall–Kier alpha value is -1.32. The summed E-state index contributed by atoms with van der Waals surface area (Å²) in [7, 11) is 0. The van der Waals surface area contributed by atoms with Gasteiger partial charge in [-0.2, -0.15) is 0 Å². The molecule has 4 heteroatoms. The van der Waals surface area contributed by atoms with Gasteiger partial charge in [-0.15, -0.1) is 0 Å². The molecule has 0 spiro atoms. The molecule has 2 aromatic rings. The largest absolute Gasteiger partial charge is 0.347 e. The van der Waals surface area contributed by atoms with E-state index < -0.39 is 0 Å². The quantitative estimate of drug-likeness (QED) is 0.845. The van der Waals surface area contributed by atoms with Crippen molar-refractivity contribution < 1.29 is 0 Å². The smallest absolute Gasteiger partial charge is 0.123 e. The highest BCUT2D eigenvalue weighted by atomic mass is 35.5. The number of imidazole rings is 1. The van der Waals surface area contributed by atoms with Gasteiger partial charge in [0.15, 0.2) is 0 Å². The van der Waals surface area contributed by atoms with Gasteiger partial charge < -0.3 is 10.3 Å². The van der Waals surface area contributed by atoms with Crippen LogP contribution in [0.4, 0.5) is 0 Å². The van der Waals surface area contributed by atoms with E-state index in [4.69, 9.17) is 11.6 Å². The molecule has 0 aliphatic rings. The number of aromatic nitrogens is 2. The van der Waals surface area contributed by atoms with Crippen LogP contribution in [0.25, 0.3) is 0 Å². The van der Waals surface area contributed by atoms with E-state index in [-0.39, 0.29) is 6.04 Å². The molecule has 1 heterocycles. The first-order valence-corrected chi connectivity index (χ1v) is 7.06. The predicted molar refractivity (Wildman–Crippen MR) is 79.4 cm³/mol. The van der Waals surface area contributed by atoms with Gasteiger partial charge in [0.1, 0.15) is 5.82 Å². The monoisotopic (exact) mass is 277 g/mol. The summed E-state index contributed by atoms with van der Waals surface area (Å²) in [5.74, 6) is 1.01. The molecule has 0 aliphatic heterocycles. The molecule has 1 aromatic heterocycles. The Labute approximate surface area is 119 Å². The molecule has 2 unspecified atom stereocenters. The highest BCUT2D eigenvalue weighted by Crippen LogP contribution is 2.15. The van der Waals surface area contributed by atoms with Crippen molar-refractivity contribution in [2.75, 3.05) is 0 Å². The molecule has 0 amide bonds. The number of nitrogens with zero attached hydrogens (tertiary/aromatic N) is 1. The van der Waals surface area contributed by atoms with Gasteiger partial charge in [0.25, 0.3) is 0 Å². The first-order chi connectivity index (χ1) is 9.19. The second kappa shape index (κ2) is 6.73. The van der Waals surface area contributed by atoms with Crippen molar-refractivity contribution in [3.05, 3.63) is 53.1 Å². The normalized spacial score (nSPS) is 14.3. The molecular formula is C15H20ClN3. The van der Waals surface area contributed by atoms with Crippen molar-refractivity contribution in [3.8, 4) is 0 Å². The number of nitrogens with one attached hydrogen (secondary N) is 2. The van der Waals surface area contributed by atoms with Gasteiger partial charge in [0.05, 0.1) is 6.04 Å². The number of rotatable bonds is 6. The first-order valence-electron chi connectivity index (χ1n) is 6.68. The number of hydrogen-bond donors (Lipinski definition) is 2. The summed E-state index contributed by atoms with van der Waals surface area (Å²) in [6.07, 6.45) is 5.65. The van der Waals surface area contributed by atoms with Gasteiger partial charge in [-0.1, -0.05) is 30.7 Å². The molecule has 3 nitrogen and oxygen atoms in total. The Bertz CT molecular complexity index is 479. The lowest BCUT2D eigenvalue weighted by Gasteiger charge is -2.21. The maximum absolute atomic E-state index is 5.89. The van der Waals surface area contributed by atoms with Crippen molar-refractivity contribution in [3.63, 3.8) is 0 Å². The third kappa shape index (κ3) is 4.08. The summed E-state index contributed by atoms with van der Waals surface area (Å²) in [5, 5.41) is 4.39. The van der Waals surface area contributed by atoms with Crippen LogP contribution in [-0.2, 0) is 6.42 Å². The summed E-state index contributed by atoms with van der Waals surface area (Å²) in [6.45, 7) is 4.36. The van der Waals surface area contributed by atoms with Crippen LogP contribution in [0.3, 0.4) is 0 Å². The molecule has 0 fully saturated rings. The molecule has 102 valence electrons. The fraction of sp³-hybridized carbons (Fsp3) is 0.400. The zero-order valence-corrected chi connectivity index (χ0v) is 12.1. The van der Waals surface area contributed by atoms with Crippen molar-refractivity contribution in [2.45, 2.75) is 38.8 Å². The SMILES string of the molecule is CCC(NC(C)Cc1ccc(Cl)cc1)c1ncc[nH]1. The molecule has 0 saturated heterocycles. The number of H-pyrrole nitrogens is 1. The van der Waals surface area contributed by atoms with Crippen LogP contribution < -0.4 is 5.32 Å². The minimum atomic E-state index is 0.275. The fourth-order valence-electron chi connectivity index (χ4n) is 2.23. The molecular weight excluding hydrogens is 258 g/mol. The molecule has 19 heavy (non-hydrogen) atoms. The average Bonchev–Trinajstić information content (AvgIpc) is 2.92. The van der Waals surface area contributed by atoms with E-state index in [0.717, 1.165) is 23.7 Å². The molecule has 2 atom stereocenters. The van der Waals surface area contributed by atoms with Crippen LogP contribution in [0, 0.1) is 0 Å². The Kier molecular flexibility index (Phi) is 5.00. The van der Waals surface area contributed by atoms with Crippen LogP contribution >= 0.6 is 11.6 Å². The van der Waals surface area contributed by atoms with E-state index in [1.165, 1.54) is 5.56 Å². The van der Waals surface area contributed by atoms with E-state index in [2.05, 4.69) is 41.3 Å². The molecule has 0 radical (unpaired) electrons. The van der Waals surface area contributed by atoms with E-state index in [9.17, 15) is 0 Å². The van der Waals surface area contributed by atoms with E-state index >= 15 is 0 Å². The number of hydrogen-bond acceptors (Lipinski definition) is 2. The van der Waals surface area contributed by atoms with E-state index in [1.54, 1.807) is 6.20 Å². The minimum Gasteiger partial charge on any atom is -0.347 e. The third-order valence-electron chi connectivity index (χ3n) is 3.20. The average molecular weight is 278 g/mol. The summed E-state index contributed by atoms with van der Waals surface area (Å²) >= 11 is 5.89. The summed E-state index contributed by atoms with van der Waals surface area (Å²) in [5.41, 5.74) is 1.29. The molecule has 2 N–H and O–H groups in total. The molecule has 0 aliphatic carbocycles. The third-order valence-corrected chi connectivity index (χ3v) is 3.45. The highest BCUT2D eigenvalue weighted by molar-refractivity contribution is 6.30. The fourth-order valence-corrected chi connectivity index (χ4v) is 2.36.